The van der Waals surface area contributed by atoms with Gasteiger partial charge in [-0.1, -0.05) is 28.1 Å². The normalized spacial score (nSPS) is 17.1. The largest absolute Gasteiger partial charge is 0.496 e. The van der Waals surface area contributed by atoms with Crippen LogP contribution < -0.4 is 14.2 Å². The average Bonchev–Trinajstić information content (AvgIpc) is 3.22. The third kappa shape index (κ3) is 3.54. The maximum absolute atomic E-state index is 12.7. The molecule has 4 rings (SSSR count). The van der Waals surface area contributed by atoms with E-state index in [1.165, 1.54) is 12.0 Å². The van der Waals surface area contributed by atoms with Crippen molar-refractivity contribution in [2.24, 2.45) is 0 Å². The molecular formula is C19H14BrNO5S. The smallest absolute Gasteiger partial charge is 0.293 e. The first-order valence-electron chi connectivity index (χ1n) is 8.02. The van der Waals surface area contributed by atoms with E-state index in [0.717, 1.165) is 21.8 Å². The van der Waals surface area contributed by atoms with Crippen molar-refractivity contribution in [1.82, 2.24) is 4.90 Å². The van der Waals surface area contributed by atoms with E-state index in [0.29, 0.717) is 27.7 Å². The highest BCUT2D eigenvalue weighted by Gasteiger charge is 2.35. The number of ether oxygens (including phenoxy) is 3. The minimum Gasteiger partial charge on any atom is -0.496 e. The van der Waals surface area contributed by atoms with E-state index in [-0.39, 0.29) is 24.5 Å². The van der Waals surface area contributed by atoms with Gasteiger partial charge in [0, 0.05) is 16.1 Å². The van der Waals surface area contributed by atoms with Crippen molar-refractivity contribution in [2.45, 2.75) is 6.54 Å². The zero-order valence-corrected chi connectivity index (χ0v) is 16.6. The number of imide groups is 1. The number of hydrogen-bond acceptors (Lipinski definition) is 6. The summed E-state index contributed by atoms with van der Waals surface area (Å²) >= 11 is 4.28. The Morgan fingerprint density at radius 2 is 1.89 bits per heavy atom. The lowest BCUT2D eigenvalue weighted by atomic mass is 10.1. The highest BCUT2D eigenvalue weighted by molar-refractivity contribution is 9.10. The van der Waals surface area contributed by atoms with Gasteiger partial charge in [-0.2, -0.15) is 0 Å². The minimum atomic E-state index is -0.326. The van der Waals surface area contributed by atoms with Gasteiger partial charge >= 0.3 is 0 Å². The zero-order valence-electron chi connectivity index (χ0n) is 14.2. The number of thioether (sulfide) groups is 1. The molecule has 2 heterocycles. The fourth-order valence-electron chi connectivity index (χ4n) is 2.78. The molecule has 0 spiro atoms. The molecule has 2 aromatic carbocycles. The molecule has 2 amide bonds. The van der Waals surface area contributed by atoms with E-state index in [1.807, 2.05) is 24.3 Å². The number of nitrogens with zero attached hydrogens (tertiary/aromatic N) is 1. The van der Waals surface area contributed by atoms with Crippen molar-refractivity contribution >= 4 is 44.9 Å². The fraction of sp³-hybridized carbons (Fsp3) is 0.158. The average molecular weight is 448 g/mol. The number of hydrogen-bond donors (Lipinski definition) is 0. The molecule has 8 heteroatoms. The number of carbonyl (C=O) groups is 2. The summed E-state index contributed by atoms with van der Waals surface area (Å²) in [6.45, 7) is 0.374. The van der Waals surface area contributed by atoms with Crippen LogP contribution in [0.1, 0.15) is 11.1 Å². The van der Waals surface area contributed by atoms with Gasteiger partial charge < -0.3 is 14.2 Å². The molecule has 0 aliphatic carbocycles. The summed E-state index contributed by atoms with van der Waals surface area (Å²) in [7, 11) is 1.54. The molecule has 0 bridgehead atoms. The maximum Gasteiger partial charge on any atom is 0.293 e. The van der Waals surface area contributed by atoms with E-state index in [1.54, 1.807) is 18.2 Å². The quantitative estimate of drug-likeness (QED) is 0.646. The molecule has 6 nitrogen and oxygen atoms in total. The summed E-state index contributed by atoms with van der Waals surface area (Å²) < 4.78 is 17.0. The van der Waals surface area contributed by atoms with Crippen LogP contribution in [0.4, 0.5) is 4.79 Å². The van der Waals surface area contributed by atoms with Crippen LogP contribution in [0.25, 0.3) is 6.08 Å². The lowest BCUT2D eigenvalue weighted by Gasteiger charge is -2.12. The van der Waals surface area contributed by atoms with Crippen molar-refractivity contribution in [1.29, 1.82) is 0 Å². The first-order chi connectivity index (χ1) is 13.0. The monoisotopic (exact) mass is 447 g/mol. The Morgan fingerprint density at radius 3 is 2.59 bits per heavy atom. The third-order valence-electron chi connectivity index (χ3n) is 4.14. The fourth-order valence-corrected chi connectivity index (χ4v) is 3.87. The Balaban J connectivity index is 1.61. The predicted octanol–water partition coefficient (Wildman–Crippen LogP) is 4.42. The third-order valence-corrected chi connectivity index (χ3v) is 5.58. The minimum absolute atomic E-state index is 0.144. The molecule has 2 aromatic rings. The topological polar surface area (TPSA) is 65.1 Å². The van der Waals surface area contributed by atoms with Crippen LogP contribution in [0.15, 0.2) is 45.8 Å². The van der Waals surface area contributed by atoms with Crippen molar-refractivity contribution in [3.8, 4) is 17.2 Å². The summed E-state index contributed by atoms with van der Waals surface area (Å²) in [5.41, 5.74) is 1.53. The zero-order chi connectivity index (χ0) is 19.0. The Kier molecular flexibility index (Phi) is 4.84. The second-order valence-corrected chi connectivity index (χ2v) is 7.75. The van der Waals surface area contributed by atoms with Gasteiger partial charge in [0.15, 0.2) is 11.5 Å². The van der Waals surface area contributed by atoms with Gasteiger partial charge in [-0.3, -0.25) is 14.5 Å². The molecule has 0 saturated carbocycles. The Bertz CT molecular complexity index is 957. The highest BCUT2D eigenvalue weighted by atomic mass is 79.9. The number of halogens is 1. The number of amides is 2. The van der Waals surface area contributed by atoms with Crippen LogP contribution in [-0.2, 0) is 11.3 Å². The number of rotatable bonds is 4. The molecule has 2 aliphatic heterocycles. The second-order valence-electron chi connectivity index (χ2n) is 5.84. The van der Waals surface area contributed by atoms with Crippen molar-refractivity contribution < 1.29 is 23.8 Å². The SMILES string of the molecule is COc1cc2c(cc1/C=C1\SC(=O)N(Cc3ccc(Br)cc3)C1=O)OCO2. The number of methoxy groups -OCH3 is 1. The van der Waals surface area contributed by atoms with E-state index in [4.69, 9.17) is 14.2 Å². The lowest BCUT2D eigenvalue weighted by molar-refractivity contribution is -0.123. The van der Waals surface area contributed by atoms with Crippen LogP contribution in [0.5, 0.6) is 17.2 Å². The summed E-state index contributed by atoms with van der Waals surface area (Å²) in [6.07, 6.45) is 1.65. The molecule has 1 saturated heterocycles. The van der Waals surface area contributed by atoms with E-state index in [9.17, 15) is 9.59 Å². The molecule has 2 aliphatic rings. The predicted molar refractivity (Wildman–Crippen MR) is 105 cm³/mol. The molecule has 0 unspecified atom stereocenters. The van der Waals surface area contributed by atoms with Gasteiger partial charge in [0.2, 0.25) is 6.79 Å². The van der Waals surface area contributed by atoms with Crippen molar-refractivity contribution in [3.05, 3.63) is 56.9 Å². The van der Waals surface area contributed by atoms with Crippen LogP contribution in [0, 0.1) is 0 Å². The van der Waals surface area contributed by atoms with Crippen molar-refractivity contribution in [3.63, 3.8) is 0 Å². The van der Waals surface area contributed by atoms with Gasteiger partial charge in [0.05, 0.1) is 18.6 Å². The van der Waals surface area contributed by atoms with Crippen LogP contribution in [0.2, 0.25) is 0 Å². The van der Waals surface area contributed by atoms with Crippen LogP contribution in [-0.4, -0.2) is 29.9 Å². The molecular weight excluding hydrogens is 434 g/mol. The molecule has 27 heavy (non-hydrogen) atoms. The van der Waals surface area contributed by atoms with Gasteiger partial charge in [-0.05, 0) is 41.6 Å². The van der Waals surface area contributed by atoms with E-state index in [2.05, 4.69) is 15.9 Å². The van der Waals surface area contributed by atoms with E-state index < -0.39 is 0 Å². The molecule has 0 atom stereocenters. The van der Waals surface area contributed by atoms with Crippen LogP contribution >= 0.6 is 27.7 Å². The molecule has 138 valence electrons. The number of benzene rings is 2. The van der Waals surface area contributed by atoms with Gasteiger partial charge in [0.25, 0.3) is 11.1 Å². The summed E-state index contributed by atoms with van der Waals surface area (Å²) in [4.78, 5) is 26.7. The Hall–Kier alpha value is -2.45. The van der Waals surface area contributed by atoms with Crippen molar-refractivity contribution in [2.75, 3.05) is 13.9 Å². The first-order valence-corrected chi connectivity index (χ1v) is 9.63. The Labute approximate surface area is 168 Å². The number of fused-ring (bicyclic) bond motifs is 1. The molecule has 0 aromatic heterocycles. The van der Waals surface area contributed by atoms with Gasteiger partial charge in [0.1, 0.15) is 5.75 Å². The summed E-state index contributed by atoms with van der Waals surface area (Å²) in [5.74, 6) is 1.38. The number of carbonyl (C=O) groups excluding carboxylic acids is 2. The maximum atomic E-state index is 12.7. The molecule has 1 fully saturated rings. The van der Waals surface area contributed by atoms with E-state index >= 15 is 0 Å². The molecule has 0 radical (unpaired) electrons. The second kappa shape index (κ2) is 7.28. The summed E-state index contributed by atoms with van der Waals surface area (Å²) in [6, 6.07) is 10.9. The van der Waals surface area contributed by atoms with Crippen LogP contribution in [0.3, 0.4) is 0 Å². The summed E-state index contributed by atoms with van der Waals surface area (Å²) in [5, 5.41) is -0.297. The highest BCUT2D eigenvalue weighted by Crippen LogP contribution is 2.41. The van der Waals surface area contributed by atoms with Gasteiger partial charge in [-0.15, -0.1) is 0 Å². The Morgan fingerprint density at radius 1 is 1.19 bits per heavy atom. The first kappa shape index (κ1) is 17.9. The lowest BCUT2D eigenvalue weighted by Crippen LogP contribution is -2.27. The van der Waals surface area contributed by atoms with Gasteiger partial charge in [-0.25, -0.2) is 0 Å². The molecule has 0 N–H and O–H groups in total. The standard InChI is InChI=1S/C19H14BrNO5S/c1-24-14-8-16-15(25-10-26-16)6-12(14)7-17-18(22)21(19(23)27-17)9-11-2-4-13(20)5-3-11/h2-8H,9-10H2,1H3/b17-7-.